The molecule has 0 spiro atoms. The van der Waals surface area contributed by atoms with E-state index in [1.54, 1.807) is 0 Å². The summed E-state index contributed by atoms with van der Waals surface area (Å²) >= 11 is 0. The quantitative estimate of drug-likeness (QED) is 0.845. The Bertz CT molecular complexity index is 346. The average Bonchev–Trinajstić information content (AvgIpc) is 2.28. The first kappa shape index (κ1) is 13.7. The van der Waals surface area contributed by atoms with Crippen molar-refractivity contribution in [3.8, 4) is 0 Å². The van der Waals surface area contributed by atoms with E-state index in [-0.39, 0.29) is 11.9 Å². The van der Waals surface area contributed by atoms with Crippen LogP contribution in [0.25, 0.3) is 0 Å². The molecule has 0 unspecified atom stereocenters. The van der Waals surface area contributed by atoms with Crippen LogP contribution >= 0.6 is 0 Å². The van der Waals surface area contributed by atoms with E-state index in [1.807, 2.05) is 44.4 Å². The van der Waals surface area contributed by atoms with Crippen LogP contribution in [0.2, 0.25) is 0 Å². The molecule has 1 aromatic carbocycles. The molecule has 0 bridgehead atoms. The van der Waals surface area contributed by atoms with Crippen LogP contribution in [0.3, 0.4) is 0 Å². The molecule has 0 aliphatic rings. The maximum absolute atomic E-state index is 12.0. The van der Waals surface area contributed by atoms with Gasteiger partial charge >= 0.3 is 0 Å². The molecule has 3 nitrogen and oxygen atoms in total. The monoisotopic (exact) mass is 234 g/mol. The van der Waals surface area contributed by atoms with Crippen molar-refractivity contribution in [1.29, 1.82) is 0 Å². The van der Waals surface area contributed by atoms with Crippen molar-refractivity contribution >= 4 is 5.91 Å². The van der Waals surface area contributed by atoms with Crippen LogP contribution in [0.1, 0.15) is 24.2 Å². The molecule has 1 N–H and O–H groups in total. The fourth-order valence-electron chi connectivity index (χ4n) is 1.66. The number of carbonyl (C=O) groups is 1. The second-order valence-electron chi connectivity index (χ2n) is 4.95. The lowest BCUT2D eigenvalue weighted by Crippen LogP contribution is -2.44. The molecule has 17 heavy (non-hydrogen) atoms. The van der Waals surface area contributed by atoms with E-state index in [0.717, 1.165) is 12.1 Å². The Morgan fingerprint density at radius 2 is 1.82 bits per heavy atom. The number of nitrogens with one attached hydrogen (secondary N) is 1. The minimum atomic E-state index is 0.00569. The second kappa shape index (κ2) is 6.40. The lowest BCUT2D eigenvalue weighted by Gasteiger charge is -2.25. The third-order valence-corrected chi connectivity index (χ3v) is 2.72. The maximum atomic E-state index is 12.0. The summed E-state index contributed by atoms with van der Waals surface area (Å²) in [6.07, 6.45) is 0. The SMILES string of the molecule is CC(C)[C@@H](CN(C)C)NC(=O)c1ccccc1. The molecule has 0 saturated heterocycles. The van der Waals surface area contributed by atoms with Gasteiger partial charge in [-0.25, -0.2) is 0 Å². The third-order valence-electron chi connectivity index (χ3n) is 2.72. The van der Waals surface area contributed by atoms with Gasteiger partial charge in [0.1, 0.15) is 0 Å². The van der Waals surface area contributed by atoms with Crippen LogP contribution in [-0.4, -0.2) is 37.5 Å². The first-order valence-corrected chi connectivity index (χ1v) is 6.01. The average molecular weight is 234 g/mol. The van der Waals surface area contributed by atoms with Crippen LogP contribution in [0.4, 0.5) is 0 Å². The van der Waals surface area contributed by atoms with Gasteiger partial charge < -0.3 is 10.2 Å². The van der Waals surface area contributed by atoms with Crippen molar-refractivity contribution in [3.63, 3.8) is 0 Å². The molecule has 1 aromatic rings. The number of benzene rings is 1. The van der Waals surface area contributed by atoms with E-state index in [1.165, 1.54) is 0 Å². The largest absolute Gasteiger partial charge is 0.348 e. The highest BCUT2D eigenvalue weighted by Gasteiger charge is 2.17. The van der Waals surface area contributed by atoms with Gasteiger partial charge in [0.15, 0.2) is 0 Å². The molecule has 1 amide bonds. The van der Waals surface area contributed by atoms with Crippen molar-refractivity contribution < 1.29 is 4.79 Å². The van der Waals surface area contributed by atoms with Crippen molar-refractivity contribution in [1.82, 2.24) is 10.2 Å². The van der Waals surface area contributed by atoms with E-state index in [0.29, 0.717) is 5.92 Å². The molecule has 0 fully saturated rings. The van der Waals surface area contributed by atoms with Gasteiger partial charge in [-0.2, -0.15) is 0 Å². The van der Waals surface area contributed by atoms with Crippen molar-refractivity contribution in [2.24, 2.45) is 5.92 Å². The van der Waals surface area contributed by atoms with Gasteiger partial charge in [-0.1, -0.05) is 32.0 Å². The number of likely N-dealkylation sites (N-methyl/N-ethyl adjacent to an activating group) is 1. The van der Waals surface area contributed by atoms with Crippen LogP contribution in [0.5, 0.6) is 0 Å². The van der Waals surface area contributed by atoms with Gasteiger partial charge in [-0.05, 0) is 32.1 Å². The summed E-state index contributed by atoms with van der Waals surface area (Å²) in [5.74, 6) is 0.427. The predicted molar refractivity (Wildman–Crippen MR) is 71.1 cm³/mol. The van der Waals surface area contributed by atoms with Crippen LogP contribution in [0.15, 0.2) is 30.3 Å². The van der Waals surface area contributed by atoms with Crippen molar-refractivity contribution in [3.05, 3.63) is 35.9 Å². The lowest BCUT2D eigenvalue weighted by molar-refractivity contribution is 0.0916. The number of nitrogens with zero attached hydrogens (tertiary/aromatic N) is 1. The molecular weight excluding hydrogens is 212 g/mol. The predicted octanol–water partition coefficient (Wildman–Crippen LogP) is 2.00. The Kier molecular flexibility index (Phi) is 5.16. The number of amides is 1. The number of rotatable bonds is 5. The fourth-order valence-corrected chi connectivity index (χ4v) is 1.66. The van der Waals surface area contributed by atoms with Crippen LogP contribution in [0, 0.1) is 5.92 Å². The molecule has 1 rings (SSSR count). The van der Waals surface area contributed by atoms with E-state index in [9.17, 15) is 4.79 Å². The van der Waals surface area contributed by atoms with E-state index >= 15 is 0 Å². The minimum absolute atomic E-state index is 0.00569. The molecule has 0 aliphatic heterocycles. The zero-order chi connectivity index (χ0) is 12.8. The molecule has 1 atom stereocenters. The maximum Gasteiger partial charge on any atom is 0.251 e. The smallest absolute Gasteiger partial charge is 0.251 e. The minimum Gasteiger partial charge on any atom is -0.348 e. The molecular formula is C14H22N2O. The molecule has 0 saturated carbocycles. The zero-order valence-electron chi connectivity index (χ0n) is 11.1. The summed E-state index contributed by atoms with van der Waals surface area (Å²) in [5, 5.41) is 3.08. The Morgan fingerprint density at radius 1 is 1.24 bits per heavy atom. The third kappa shape index (κ3) is 4.57. The van der Waals surface area contributed by atoms with Gasteiger partial charge in [-0.3, -0.25) is 4.79 Å². The highest BCUT2D eigenvalue weighted by Crippen LogP contribution is 2.05. The molecule has 3 heteroatoms. The van der Waals surface area contributed by atoms with E-state index in [2.05, 4.69) is 24.1 Å². The van der Waals surface area contributed by atoms with Gasteiger partial charge in [0.05, 0.1) is 0 Å². The summed E-state index contributed by atoms with van der Waals surface area (Å²) in [4.78, 5) is 14.1. The Labute approximate surface area is 104 Å². The first-order chi connectivity index (χ1) is 8.00. The fraction of sp³-hybridized carbons (Fsp3) is 0.500. The summed E-state index contributed by atoms with van der Waals surface area (Å²) in [7, 11) is 4.04. The highest BCUT2D eigenvalue weighted by molar-refractivity contribution is 5.94. The van der Waals surface area contributed by atoms with Gasteiger partial charge in [0.25, 0.3) is 5.91 Å². The second-order valence-corrected chi connectivity index (χ2v) is 4.95. The molecule has 0 aromatic heterocycles. The van der Waals surface area contributed by atoms with E-state index in [4.69, 9.17) is 0 Å². The normalized spacial score (nSPS) is 12.8. The summed E-state index contributed by atoms with van der Waals surface area (Å²) < 4.78 is 0. The topological polar surface area (TPSA) is 32.3 Å². The standard InChI is InChI=1S/C14H22N2O/c1-11(2)13(10-16(3)4)15-14(17)12-8-6-5-7-9-12/h5-9,11,13H,10H2,1-4H3,(H,15,17)/t13-/m1/s1. The highest BCUT2D eigenvalue weighted by atomic mass is 16.1. The number of carbonyl (C=O) groups excluding carboxylic acids is 1. The van der Waals surface area contributed by atoms with Crippen molar-refractivity contribution in [2.75, 3.05) is 20.6 Å². The Balaban J connectivity index is 2.65. The summed E-state index contributed by atoms with van der Waals surface area (Å²) in [5.41, 5.74) is 0.719. The zero-order valence-corrected chi connectivity index (χ0v) is 11.1. The molecule has 0 radical (unpaired) electrons. The molecule has 0 aliphatic carbocycles. The van der Waals surface area contributed by atoms with Gasteiger partial charge in [-0.15, -0.1) is 0 Å². The molecule has 94 valence electrons. The first-order valence-electron chi connectivity index (χ1n) is 6.01. The number of hydrogen-bond acceptors (Lipinski definition) is 2. The van der Waals surface area contributed by atoms with Crippen molar-refractivity contribution in [2.45, 2.75) is 19.9 Å². The van der Waals surface area contributed by atoms with E-state index < -0.39 is 0 Å². The summed E-state index contributed by atoms with van der Waals surface area (Å²) in [6.45, 7) is 5.11. The van der Waals surface area contributed by atoms with Crippen LogP contribution < -0.4 is 5.32 Å². The number of hydrogen-bond donors (Lipinski definition) is 1. The Hall–Kier alpha value is -1.35. The Morgan fingerprint density at radius 3 is 2.29 bits per heavy atom. The van der Waals surface area contributed by atoms with Crippen LogP contribution in [-0.2, 0) is 0 Å². The van der Waals surface area contributed by atoms with Gasteiger partial charge in [0.2, 0.25) is 0 Å². The summed E-state index contributed by atoms with van der Waals surface area (Å²) in [6, 6.07) is 9.52. The molecule has 0 heterocycles. The lowest BCUT2D eigenvalue weighted by atomic mass is 10.0. The van der Waals surface area contributed by atoms with Gasteiger partial charge in [0, 0.05) is 18.2 Å².